The van der Waals surface area contributed by atoms with Crippen molar-refractivity contribution in [1.82, 2.24) is 20.2 Å². The molecule has 10 heteroatoms. The van der Waals surface area contributed by atoms with Gasteiger partial charge in [0.1, 0.15) is 10.8 Å². The Morgan fingerprint density at radius 3 is 2.93 bits per heavy atom. The summed E-state index contributed by atoms with van der Waals surface area (Å²) in [7, 11) is 1.80. The molecule has 1 aromatic carbocycles. The Labute approximate surface area is 168 Å². The van der Waals surface area contributed by atoms with Gasteiger partial charge in [0, 0.05) is 35.4 Å². The van der Waals surface area contributed by atoms with Crippen LogP contribution in [0.5, 0.6) is 0 Å². The molecule has 7 nitrogen and oxygen atoms in total. The van der Waals surface area contributed by atoms with Crippen LogP contribution >= 0.6 is 22.7 Å². The molecule has 0 fully saturated rings. The Morgan fingerprint density at radius 1 is 1.29 bits per heavy atom. The summed E-state index contributed by atoms with van der Waals surface area (Å²) in [6, 6.07) is 4.53. The number of halogens is 1. The third-order valence-electron chi connectivity index (χ3n) is 4.23. The minimum absolute atomic E-state index is 0.145. The number of hydrogen-bond acceptors (Lipinski definition) is 7. The second kappa shape index (κ2) is 7.64. The molecule has 0 saturated heterocycles. The number of aryl methyl sites for hydroxylation is 1. The van der Waals surface area contributed by atoms with E-state index in [9.17, 15) is 9.18 Å². The zero-order chi connectivity index (χ0) is 19.7. The molecule has 28 heavy (non-hydrogen) atoms. The summed E-state index contributed by atoms with van der Waals surface area (Å²) in [6.45, 7) is 1.88. The fourth-order valence-corrected chi connectivity index (χ4v) is 4.37. The summed E-state index contributed by atoms with van der Waals surface area (Å²) >= 11 is 2.83. The molecule has 4 rings (SSSR count). The second-order valence-electron chi connectivity index (χ2n) is 6.22. The summed E-state index contributed by atoms with van der Waals surface area (Å²) in [6.07, 6.45) is 0.707. The number of H-pyrrole nitrogens is 1. The minimum Gasteiger partial charge on any atom is -0.363 e. The van der Waals surface area contributed by atoms with E-state index in [4.69, 9.17) is 0 Å². The van der Waals surface area contributed by atoms with Crippen LogP contribution in [0, 0.1) is 12.7 Å². The number of anilines is 2. The molecule has 0 spiro atoms. The van der Waals surface area contributed by atoms with Crippen LogP contribution in [0.3, 0.4) is 0 Å². The largest absolute Gasteiger partial charge is 0.363 e. The topological polar surface area (TPSA) is 95.6 Å². The van der Waals surface area contributed by atoms with Crippen molar-refractivity contribution in [3.05, 3.63) is 51.4 Å². The number of benzene rings is 1. The van der Waals surface area contributed by atoms with Crippen molar-refractivity contribution in [2.24, 2.45) is 0 Å². The summed E-state index contributed by atoms with van der Waals surface area (Å²) < 4.78 is 13.6. The summed E-state index contributed by atoms with van der Waals surface area (Å²) in [5.74, 6) is -0.515. The Hall–Kier alpha value is -2.85. The lowest BCUT2D eigenvalue weighted by atomic mass is 10.1. The van der Waals surface area contributed by atoms with Crippen molar-refractivity contribution in [3.63, 3.8) is 0 Å². The maximum atomic E-state index is 13.6. The highest BCUT2D eigenvalue weighted by atomic mass is 32.1. The van der Waals surface area contributed by atoms with Gasteiger partial charge in [-0.3, -0.25) is 4.79 Å². The van der Waals surface area contributed by atoms with Crippen molar-refractivity contribution >= 4 is 49.7 Å². The second-order valence-corrected chi connectivity index (χ2v) is 8.14. The third-order valence-corrected chi connectivity index (χ3v) is 5.98. The molecule has 1 amide bonds. The first-order valence-electron chi connectivity index (χ1n) is 8.53. The van der Waals surface area contributed by atoms with Crippen LogP contribution in [0.15, 0.2) is 23.6 Å². The van der Waals surface area contributed by atoms with E-state index in [1.165, 1.54) is 34.8 Å². The van der Waals surface area contributed by atoms with Gasteiger partial charge in [-0.05, 0) is 30.7 Å². The number of amides is 1. The third kappa shape index (κ3) is 3.87. The number of aromatic amines is 1. The van der Waals surface area contributed by atoms with Gasteiger partial charge in [0.2, 0.25) is 11.0 Å². The van der Waals surface area contributed by atoms with Gasteiger partial charge in [0.15, 0.2) is 5.13 Å². The normalized spacial score (nSPS) is 11.1. The van der Waals surface area contributed by atoms with Crippen LogP contribution in [-0.2, 0) is 17.6 Å². The van der Waals surface area contributed by atoms with Crippen molar-refractivity contribution < 1.29 is 9.18 Å². The Morgan fingerprint density at radius 2 is 2.14 bits per heavy atom. The molecule has 0 unspecified atom stereocenters. The van der Waals surface area contributed by atoms with Crippen LogP contribution in [0.4, 0.5) is 14.7 Å². The van der Waals surface area contributed by atoms with Crippen LogP contribution in [0.1, 0.15) is 22.0 Å². The number of nitrogens with zero attached hydrogens (tertiary/aromatic N) is 3. The van der Waals surface area contributed by atoms with Gasteiger partial charge in [0.05, 0.1) is 12.1 Å². The molecule has 3 heterocycles. The number of carbonyl (C=O) groups is 1. The van der Waals surface area contributed by atoms with Gasteiger partial charge < -0.3 is 15.6 Å². The number of hydrogen-bond donors (Lipinski definition) is 3. The zero-order valence-electron chi connectivity index (χ0n) is 15.2. The predicted molar refractivity (Wildman–Crippen MR) is 110 cm³/mol. The molecule has 0 aliphatic heterocycles. The van der Waals surface area contributed by atoms with E-state index in [1.807, 2.05) is 12.3 Å². The summed E-state index contributed by atoms with van der Waals surface area (Å²) in [5.41, 5.74) is 3.28. The van der Waals surface area contributed by atoms with Crippen molar-refractivity contribution in [2.75, 3.05) is 17.7 Å². The van der Waals surface area contributed by atoms with E-state index >= 15 is 0 Å². The molecular weight excluding hydrogens is 399 g/mol. The quantitative estimate of drug-likeness (QED) is 0.445. The maximum absolute atomic E-state index is 13.6. The lowest BCUT2D eigenvalue weighted by Crippen LogP contribution is -2.14. The van der Waals surface area contributed by atoms with E-state index in [2.05, 4.69) is 30.8 Å². The number of nitrogens with one attached hydrogen (secondary N) is 3. The molecule has 0 bridgehead atoms. The molecule has 3 aromatic heterocycles. The summed E-state index contributed by atoms with van der Waals surface area (Å²) in [5, 5.41) is 18.6. The lowest BCUT2D eigenvalue weighted by molar-refractivity contribution is -0.115. The highest BCUT2D eigenvalue weighted by Crippen LogP contribution is 2.25. The standard InChI is InChI=1S/C18H17FN6OS2/c1-9-12(13-5-10(19)3-4-14(13)21-9)7-15(26)23-18-22-11(8-27-18)6-16-24-25-17(20-2)28-16/h3-5,8,21H,6-7H2,1-2H3,(H,20,25)(H,22,23,26). The predicted octanol–water partition coefficient (Wildman–Crippen LogP) is 3.74. The van der Waals surface area contributed by atoms with Crippen LogP contribution in [0.25, 0.3) is 10.9 Å². The van der Waals surface area contributed by atoms with Crippen molar-refractivity contribution in [1.29, 1.82) is 0 Å². The number of aromatic nitrogens is 4. The monoisotopic (exact) mass is 416 g/mol. The number of thiazole rings is 1. The van der Waals surface area contributed by atoms with E-state index in [1.54, 1.807) is 13.1 Å². The molecular formula is C18H17FN6OS2. The first kappa shape index (κ1) is 18.5. The van der Waals surface area contributed by atoms with Gasteiger partial charge in [-0.25, -0.2) is 9.37 Å². The summed E-state index contributed by atoms with van der Waals surface area (Å²) in [4.78, 5) is 20.1. The Balaban J connectivity index is 1.44. The van der Waals surface area contributed by atoms with Crippen molar-refractivity contribution in [2.45, 2.75) is 19.8 Å². The average Bonchev–Trinajstić information content (AvgIpc) is 3.37. The zero-order valence-corrected chi connectivity index (χ0v) is 16.8. The molecule has 144 valence electrons. The van der Waals surface area contributed by atoms with Crippen LogP contribution < -0.4 is 10.6 Å². The van der Waals surface area contributed by atoms with Crippen molar-refractivity contribution in [3.8, 4) is 0 Å². The average molecular weight is 417 g/mol. The van der Waals surface area contributed by atoms with Gasteiger partial charge in [-0.1, -0.05) is 11.3 Å². The molecule has 0 atom stereocenters. The maximum Gasteiger partial charge on any atom is 0.230 e. The SMILES string of the molecule is CNc1nnc(Cc2csc(NC(=O)Cc3c(C)[nH]c4ccc(F)cc34)n2)s1. The fourth-order valence-electron chi connectivity index (χ4n) is 2.93. The van der Waals surface area contributed by atoms with E-state index in [0.29, 0.717) is 11.6 Å². The Bertz CT molecular complexity index is 1150. The fraction of sp³-hybridized carbons (Fsp3) is 0.222. The number of fused-ring (bicyclic) bond motifs is 1. The van der Waals surface area contributed by atoms with E-state index < -0.39 is 0 Å². The highest BCUT2D eigenvalue weighted by Gasteiger charge is 2.15. The molecule has 0 saturated carbocycles. The van der Waals surface area contributed by atoms with E-state index in [0.717, 1.165) is 38.0 Å². The smallest absolute Gasteiger partial charge is 0.230 e. The lowest BCUT2D eigenvalue weighted by Gasteiger charge is -2.03. The van der Waals surface area contributed by atoms with E-state index in [-0.39, 0.29) is 18.1 Å². The molecule has 0 aliphatic rings. The van der Waals surface area contributed by atoms with Crippen LogP contribution in [-0.4, -0.2) is 33.1 Å². The van der Waals surface area contributed by atoms with Gasteiger partial charge in [-0.15, -0.1) is 21.5 Å². The number of carbonyl (C=O) groups excluding carboxylic acids is 1. The molecule has 0 radical (unpaired) electrons. The molecule has 4 aromatic rings. The Kier molecular flexibility index (Phi) is 5.05. The first-order valence-corrected chi connectivity index (χ1v) is 10.2. The first-order chi connectivity index (χ1) is 13.5. The number of rotatable bonds is 6. The molecule has 3 N–H and O–H groups in total. The van der Waals surface area contributed by atoms with Gasteiger partial charge in [0.25, 0.3) is 0 Å². The highest BCUT2D eigenvalue weighted by molar-refractivity contribution is 7.15. The molecule has 0 aliphatic carbocycles. The minimum atomic E-state index is -0.323. The van der Waals surface area contributed by atoms with Gasteiger partial charge in [-0.2, -0.15) is 0 Å². The van der Waals surface area contributed by atoms with Crippen LogP contribution in [0.2, 0.25) is 0 Å². The van der Waals surface area contributed by atoms with Gasteiger partial charge >= 0.3 is 0 Å².